The molecule has 0 spiro atoms. The first-order valence-corrected chi connectivity index (χ1v) is 7.63. The Labute approximate surface area is 134 Å². The predicted molar refractivity (Wildman–Crippen MR) is 87.1 cm³/mol. The van der Waals surface area contributed by atoms with Crippen molar-refractivity contribution in [1.29, 1.82) is 0 Å². The molecule has 0 radical (unpaired) electrons. The molecule has 1 aromatic carbocycles. The molecule has 1 aromatic heterocycles. The lowest BCUT2D eigenvalue weighted by Gasteiger charge is -2.16. The van der Waals surface area contributed by atoms with Gasteiger partial charge in [0.05, 0.1) is 6.42 Å². The van der Waals surface area contributed by atoms with Gasteiger partial charge in [-0.15, -0.1) is 12.3 Å². The van der Waals surface area contributed by atoms with E-state index in [0.29, 0.717) is 0 Å². The smallest absolute Gasteiger partial charge is 0.344 e. The number of aromatic amines is 1. The minimum atomic E-state index is -0.634. The third kappa shape index (κ3) is 3.19. The number of carbonyl (C=O) groups excluding carboxylic acids is 1. The zero-order valence-corrected chi connectivity index (χ0v) is 12.7. The zero-order chi connectivity index (χ0) is 16.2. The van der Waals surface area contributed by atoms with Crippen molar-refractivity contribution in [3.05, 3.63) is 69.1 Å². The van der Waals surface area contributed by atoms with Crippen LogP contribution in [0.4, 0.5) is 0 Å². The van der Waals surface area contributed by atoms with E-state index in [4.69, 9.17) is 11.2 Å². The minimum Gasteiger partial charge on any atom is -0.453 e. The molecule has 1 aliphatic carbocycles. The van der Waals surface area contributed by atoms with Crippen LogP contribution < -0.4 is 5.56 Å². The van der Waals surface area contributed by atoms with Gasteiger partial charge in [-0.1, -0.05) is 30.3 Å². The predicted octanol–water partition coefficient (Wildman–Crippen LogP) is 2.79. The Morgan fingerprint density at radius 1 is 1.30 bits per heavy atom. The average Bonchev–Trinajstić information content (AvgIpc) is 3.01. The second-order valence-corrected chi connectivity index (χ2v) is 5.58. The number of nitrogens with one attached hydrogen (secondary N) is 1. The SMILES string of the molecule is C#CCC(OC(=O)c1cc2c([nH]c1=O)CCC2)c1ccccc1. The maximum Gasteiger partial charge on any atom is 0.344 e. The number of fused-ring (bicyclic) bond motifs is 1. The Morgan fingerprint density at radius 3 is 2.83 bits per heavy atom. The maximum absolute atomic E-state index is 12.4. The molecular formula is C19H17NO3. The van der Waals surface area contributed by atoms with Crippen molar-refractivity contribution in [3.8, 4) is 12.3 Å². The van der Waals surface area contributed by atoms with Crippen molar-refractivity contribution < 1.29 is 9.53 Å². The molecule has 4 heteroatoms. The molecule has 0 fully saturated rings. The number of ether oxygens (including phenoxy) is 1. The molecule has 116 valence electrons. The van der Waals surface area contributed by atoms with Crippen LogP contribution in [0.25, 0.3) is 0 Å². The summed E-state index contributed by atoms with van der Waals surface area (Å²) in [6, 6.07) is 10.9. The third-order valence-electron chi connectivity index (χ3n) is 4.03. The maximum atomic E-state index is 12.4. The molecule has 23 heavy (non-hydrogen) atoms. The first kappa shape index (κ1) is 15.1. The van der Waals surface area contributed by atoms with Crippen LogP contribution >= 0.6 is 0 Å². The Hall–Kier alpha value is -2.80. The van der Waals surface area contributed by atoms with Crippen molar-refractivity contribution in [1.82, 2.24) is 4.98 Å². The van der Waals surface area contributed by atoms with E-state index in [-0.39, 0.29) is 12.0 Å². The summed E-state index contributed by atoms with van der Waals surface area (Å²) in [6.45, 7) is 0. The molecule has 0 amide bonds. The third-order valence-corrected chi connectivity index (χ3v) is 4.03. The van der Waals surface area contributed by atoms with Crippen LogP contribution in [0.3, 0.4) is 0 Å². The molecule has 2 aromatic rings. The zero-order valence-electron chi connectivity index (χ0n) is 12.7. The molecule has 3 rings (SSSR count). The standard InChI is InChI=1S/C19H17NO3/c1-2-7-17(13-8-4-3-5-9-13)23-19(22)15-12-14-10-6-11-16(14)20-18(15)21/h1,3-5,8-9,12,17H,6-7,10-11H2,(H,20,21). The first-order valence-electron chi connectivity index (χ1n) is 7.63. The number of rotatable bonds is 4. The number of carbonyl (C=O) groups is 1. The number of aromatic nitrogens is 1. The van der Waals surface area contributed by atoms with Gasteiger partial charge >= 0.3 is 5.97 Å². The van der Waals surface area contributed by atoms with Crippen LogP contribution in [0, 0.1) is 12.3 Å². The molecule has 0 saturated carbocycles. The number of hydrogen-bond donors (Lipinski definition) is 1. The highest BCUT2D eigenvalue weighted by Gasteiger charge is 2.22. The molecule has 0 aliphatic heterocycles. The van der Waals surface area contributed by atoms with Gasteiger partial charge in [0.25, 0.3) is 5.56 Å². The Kier molecular flexibility index (Phi) is 4.29. The van der Waals surface area contributed by atoms with Crippen LogP contribution in [0.15, 0.2) is 41.2 Å². The molecule has 1 N–H and O–H groups in total. The second kappa shape index (κ2) is 6.53. The van der Waals surface area contributed by atoms with E-state index in [9.17, 15) is 9.59 Å². The summed E-state index contributed by atoms with van der Waals surface area (Å²) in [7, 11) is 0. The van der Waals surface area contributed by atoms with Gasteiger partial charge in [-0.3, -0.25) is 4.79 Å². The monoisotopic (exact) mass is 307 g/mol. The van der Waals surface area contributed by atoms with Gasteiger partial charge in [0.15, 0.2) is 0 Å². The minimum absolute atomic E-state index is 0.0450. The fourth-order valence-electron chi connectivity index (χ4n) is 2.86. The molecule has 4 nitrogen and oxygen atoms in total. The van der Waals surface area contributed by atoms with E-state index in [1.807, 2.05) is 30.3 Å². The number of terminal acetylenes is 1. The largest absolute Gasteiger partial charge is 0.453 e. The normalized spacial score (nSPS) is 13.9. The second-order valence-electron chi connectivity index (χ2n) is 5.58. The summed E-state index contributed by atoms with van der Waals surface area (Å²) in [5.74, 6) is 1.88. The van der Waals surface area contributed by atoms with Gasteiger partial charge in [0.1, 0.15) is 11.7 Å². The van der Waals surface area contributed by atoms with Gasteiger partial charge < -0.3 is 9.72 Å². The number of benzene rings is 1. The van der Waals surface area contributed by atoms with Gasteiger partial charge in [-0.2, -0.15) is 0 Å². The van der Waals surface area contributed by atoms with Crippen LogP contribution in [0.1, 0.15) is 46.1 Å². The summed E-state index contributed by atoms with van der Waals surface area (Å²) in [4.78, 5) is 27.3. The fourth-order valence-corrected chi connectivity index (χ4v) is 2.86. The average molecular weight is 307 g/mol. The van der Waals surface area contributed by atoms with E-state index in [2.05, 4.69) is 10.9 Å². The van der Waals surface area contributed by atoms with Crippen LogP contribution in [0.2, 0.25) is 0 Å². The Bertz CT molecular complexity index is 815. The van der Waals surface area contributed by atoms with E-state index >= 15 is 0 Å². The van der Waals surface area contributed by atoms with Gasteiger partial charge in [-0.05, 0) is 36.5 Å². The topological polar surface area (TPSA) is 59.2 Å². The van der Waals surface area contributed by atoms with Crippen molar-refractivity contribution in [2.75, 3.05) is 0 Å². The lowest BCUT2D eigenvalue weighted by molar-refractivity contribution is 0.0306. The highest BCUT2D eigenvalue weighted by atomic mass is 16.5. The molecule has 1 unspecified atom stereocenters. The first-order chi connectivity index (χ1) is 11.2. The van der Waals surface area contributed by atoms with Crippen LogP contribution in [0.5, 0.6) is 0 Å². The Balaban J connectivity index is 1.86. The Morgan fingerprint density at radius 2 is 2.09 bits per heavy atom. The lowest BCUT2D eigenvalue weighted by Crippen LogP contribution is -2.22. The molecule has 1 heterocycles. The molecule has 0 bridgehead atoms. The summed E-state index contributed by atoms with van der Waals surface area (Å²) >= 11 is 0. The van der Waals surface area contributed by atoms with Crippen LogP contribution in [-0.4, -0.2) is 11.0 Å². The van der Waals surface area contributed by atoms with Crippen molar-refractivity contribution >= 4 is 5.97 Å². The van der Waals surface area contributed by atoms with Crippen molar-refractivity contribution in [2.45, 2.75) is 31.8 Å². The number of esters is 1. The molecular weight excluding hydrogens is 290 g/mol. The van der Waals surface area contributed by atoms with E-state index in [1.165, 1.54) is 0 Å². The van der Waals surface area contributed by atoms with Crippen LogP contribution in [-0.2, 0) is 17.6 Å². The lowest BCUT2D eigenvalue weighted by atomic mass is 10.1. The van der Waals surface area contributed by atoms with E-state index in [1.54, 1.807) is 6.07 Å². The fraction of sp³-hybridized carbons (Fsp3) is 0.263. The summed E-state index contributed by atoms with van der Waals surface area (Å²) in [6.07, 6.45) is 7.80. The quantitative estimate of drug-likeness (QED) is 0.698. The van der Waals surface area contributed by atoms with Crippen molar-refractivity contribution in [2.24, 2.45) is 0 Å². The number of hydrogen-bond acceptors (Lipinski definition) is 3. The molecule has 0 saturated heterocycles. The number of pyridine rings is 1. The molecule has 1 atom stereocenters. The highest BCUT2D eigenvalue weighted by Crippen LogP contribution is 2.23. The molecule has 1 aliphatic rings. The van der Waals surface area contributed by atoms with Crippen molar-refractivity contribution in [3.63, 3.8) is 0 Å². The number of aryl methyl sites for hydroxylation is 2. The summed E-state index contributed by atoms with van der Waals surface area (Å²) in [5, 5.41) is 0. The van der Waals surface area contributed by atoms with Gasteiger partial charge in [-0.25, -0.2) is 4.79 Å². The number of H-pyrrole nitrogens is 1. The highest BCUT2D eigenvalue weighted by molar-refractivity contribution is 5.89. The van der Waals surface area contributed by atoms with E-state index < -0.39 is 17.6 Å². The van der Waals surface area contributed by atoms with E-state index in [0.717, 1.165) is 36.1 Å². The summed E-state index contributed by atoms with van der Waals surface area (Å²) < 4.78 is 5.50. The van der Waals surface area contributed by atoms with Gasteiger partial charge in [0.2, 0.25) is 0 Å². The van der Waals surface area contributed by atoms with Gasteiger partial charge in [0, 0.05) is 5.69 Å². The summed E-state index contributed by atoms with van der Waals surface area (Å²) in [5.41, 5.74) is 2.41.